The minimum atomic E-state index is -3.23. The van der Waals surface area contributed by atoms with E-state index in [9.17, 15) is 26.7 Å². The van der Waals surface area contributed by atoms with E-state index in [1.165, 1.54) is 10.6 Å². The van der Waals surface area contributed by atoms with E-state index in [-0.39, 0.29) is 10.9 Å². The highest BCUT2D eigenvalue weighted by Crippen LogP contribution is 2.32. The molecule has 29 heavy (non-hydrogen) atoms. The van der Waals surface area contributed by atoms with Crippen molar-refractivity contribution in [3.05, 3.63) is 47.9 Å². The van der Waals surface area contributed by atoms with Crippen LogP contribution in [-0.2, 0) is 10.0 Å². The lowest BCUT2D eigenvalue weighted by Gasteiger charge is -2.34. The highest BCUT2D eigenvalue weighted by atomic mass is 32.2. The summed E-state index contributed by atoms with van der Waals surface area (Å²) in [6.45, 7) is 1.75. The van der Waals surface area contributed by atoms with E-state index in [0.29, 0.717) is 37.9 Å². The summed E-state index contributed by atoms with van der Waals surface area (Å²) in [6.07, 6.45) is 1.17. The van der Waals surface area contributed by atoms with Gasteiger partial charge in [0.1, 0.15) is 5.52 Å². The Morgan fingerprint density at radius 1 is 1.00 bits per heavy atom. The number of anilines is 1. The lowest BCUT2D eigenvalue weighted by atomic mass is 10.2. The lowest BCUT2D eigenvalue weighted by Crippen LogP contribution is -2.48. The fraction of sp³-hybridized carbons (Fsp3) is 0.278. The number of aromatic hydroxyl groups is 1. The Bertz CT molecular complexity index is 1190. The Labute approximate surface area is 164 Å². The molecule has 0 amide bonds. The molecule has 1 aliphatic rings. The summed E-state index contributed by atoms with van der Waals surface area (Å²) in [5, 5.41) is 12.8. The van der Waals surface area contributed by atoms with Crippen LogP contribution in [0, 0.1) is 17.6 Å². The smallest absolute Gasteiger partial charge is 0.241 e. The Morgan fingerprint density at radius 3 is 2.17 bits per heavy atom. The number of hydrogen-bond acceptors (Lipinski definition) is 5. The molecule has 1 N–H and O–H groups in total. The third kappa shape index (κ3) is 3.40. The topological polar surface area (TPSA) is 78.7 Å². The van der Waals surface area contributed by atoms with Gasteiger partial charge < -0.3 is 10.0 Å². The van der Waals surface area contributed by atoms with Crippen LogP contribution in [0.3, 0.4) is 0 Å². The van der Waals surface area contributed by atoms with Gasteiger partial charge in [-0.15, -0.1) is 5.10 Å². The zero-order chi connectivity index (χ0) is 20.9. The molecule has 11 heteroatoms. The van der Waals surface area contributed by atoms with Crippen LogP contribution < -0.4 is 4.90 Å². The molecule has 2 heterocycles. The van der Waals surface area contributed by atoms with E-state index in [2.05, 4.69) is 5.10 Å². The fourth-order valence-corrected chi connectivity index (χ4v) is 4.25. The van der Waals surface area contributed by atoms with E-state index >= 15 is 0 Å². The van der Waals surface area contributed by atoms with Gasteiger partial charge in [-0.05, 0) is 30.3 Å². The molecular weight excluding hydrogens is 409 g/mol. The molecule has 2 aromatic carbocycles. The van der Waals surface area contributed by atoms with Crippen molar-refractivity contribution in [1.82, 2.24) is 14.1 Å². The van der Waals surface area contributed by atoms with Gasteiger partial charge in [-0.2, -0.15) is 8.70 Å². The van der Waals surface area contributed by atoms with Gasteiger partial charge in [0.2, 0.25) is 16.0 Å². The second kappa shape index (κ2) is 6.92. The van der Waals surface area contributed by atoms with Crippen LogP contribution >= 0.6 is 0 Å². The van der Waals surface area contributed by atoms with Crippen LogP contribution in [0.2, 0.25) is 0 Å². The van der Waals surface area contributed by atoms with E-state index in [1.54, 1.807) is 24.3 Å². The maximum atomic E-state index is 14.3. The Morgan fingerprint density at radius 2 is 1.59 bits per heavy atom. The number of sulfonamides is 1. The van der Waals surface area contributed by atoms with Crippen LogP contribution in [0.1, 0.15) is 0 Å². The van der Waals surface area contributed by atoms with E-state index in [1.807, 2.05) is 4.90 Å². The lowest BCUT2D eigenvalue weighted by molar-refractivity contribution is 0.388. The minimum Gasteiger partial charge on any atom is -0.503 e. The van der Waals surface area contributed by atoms with Gasteiger partial charge in [0.15, 0.2) is 17.4 Å². The summed E-state index contributed by atoms with van der Waals surface area (Å²) in [4.78, 5) is 2.00. The standard InChI is InChI=1S/C18H17F3N4O3S/c1-29(27,28)24-8-6-23(7-9-24)11-2-4-12(5-3-11)25-16-13(18(21)22-25)10-14(19)17(26)15(16)20/h2-5,10,26H,6-9H2,1H3. The molecule has 0 radical (unpaired) electrons. The highest BCUT2D eigenvalue weighted by Gasteiger charge is 2.24. The van der Waals surface area contributed by atoms with Gasteiger partial charge >= 0.3 is 0 Å². The van der Waals surface area contributed by atoms with Crippen molar-refractivity contribution in [2.45, 2.75) is 0 Å². The molecule has 0 spiro atoms. The van der Waals surface area contributed by atoms with Crippen LogP contribution in [-0.4, -0.2) is 60.0 Å². The van der Waals surface area contributed by atoms with Gasteiger partial charge in [0, 0.05) is 31.9 Å². The van der Waals surface area contributed by atoms with Crippen molar-refractivity contribution in [3.8, 4) is 11.4 Å². The summed E-state index contributed by atoms with van der Waals surface area (Å²) in [5.41, 5.74) is 0.770. The number of halogens is 3. The van der Waals surface area contributed by atoms with Crippen molar-refractivity contribution >= 4 is 26.6 Å². The number of piperazine rings is 1. The van der Waals surface area contributed by atoms with Crippen molar-refractivity contribution < 1.29 is 26.7 Å². The first kappa shape index (κ1) is 19.5. The predicted octanol–water partition coefficient (Wildman–Crippen LogP) is 2.23. The maximum absolute atomic E-state index is 14.3. The molecule has 0 saturated carbocycles. The van der Waals surface area contributed by atoms with Crippen LogP contribution in [0.4, 0.5) is 18.9 Å². The number of benzene rings is 2. The number of rotatable bonds is 3. The summed E-state index contributed by atoms with van der Waals surface area (Å²) in [5.74, 6) is -4.81. The van der Waals surface area contributed by atoms with E-state index in [0.717, 1.165) is 10.4 Å². The zero-order valence-corrected chi connectivity index (χ0v) is 16.1. The molecule has 7 nitrogen and oxygen atoms in total. The SMILES string of the molecule is CS(=O)(=O)N1CCN(c2ccc(-n3nc(F)c4cc(F)c(O)c(F)c43)cc2)CC1. The van der Waals surface area contributed by atoms with Crippen LogP contribution in [0.5, 0.6) is 5.75 Å². The van der Waals surface area contributed by atoms with E-state index < -0.39 is 33.4 Å². The average molecular weight is 426 g/mol. The van der Waals surface area contributed by atoms with Crippen molar-refractivity contribution in [1.29, 1.82) is 0 Å². The Hall–Kier alpha value is -2.79. The van der Waals surface area contributed by atoms with Crippen LogP contribution in [0.15, 0.2) is 30.3 Å². The molecule has 154 valence electrons. The van der Waals surface area contributed by atoms with Gasteiger partial charge in [-0.3, -0.25) is 0 Å². The molecular formula is C18H17F3N4O3S. The first-order valence-corrected chi connectivity index (χ1v) is 10.6. The normalized spacial score (nSPS) is 15.9. The molecule has 0 bridgehead atoms. The monoisotopic (exact) mass is 426 g/mol. The number of fused-ring (bicyclic) bond motifs is 1. The molecule has 0 aliphatic carbocycles. The van der Waals surface area contributed by atoms with Gasteiger partial charge in [-0.25, -0.2) is 21.9 Å². The van der Waals surface area contributed by atoms with Crippen LogP contribution in [0.25, 0.3) is 16.6 Å². The van der Waals surface area contributed by atoms with Crippen molar-refractivity contribution in [3.63, 3.8) is 0 Å². The highest BCUT2D eigenvalue weighted by molar-refractivity contribution is 7.88. The first-order chi connectivity index (χ1) is 13.7. The van der Waals surface area contributed by atoms with Gasteiger partial charge in [-0.1, -0.05) is 0 Å². The largest absolute Gasteiger partial charge is 0.503 e. The second-order valence-corrected chi connectivity index (χ2v) is 8.77. The molecule has 3 aromatic rings. The molecule has 1 saturated heterocycles. The minimum absolute atomic E-state index is 0.322. The quantitative estimate of drug-likeness (QED) is 0.695. The summed E-state index contributed by atoms with van der Waals surface area (Å²) in [6, 6.07) is 7.31. The van der Waals surface area contributed by atoms with Crippen molar-refractivity contribution in [2.24, 2.45) is 0 Å². The molecule has 0 unspecified atom stereocenters. The second-order valence-electron chi connectivity index (χ2n) is 6.79. The summed E-state index contributed by atoms with van der Waals surface area (Å²) in [7, 11) is -3.23. The third-order valence-electron chi connectivity index (χ3n) is 4.96. The summed E-state index contributed by atoms with van der Waals surface area (Å²) < 4.78 is 67.5. The molecule has 0 atom stereocenters. The number of nitrogens with zero attached hydrogens (tertiary/aromatic N) is 4. The average Bonchev–Trinajstić information content (AvgIpc) is 3.02. The molecule has 1 aliphatic heterocycles. The zero-order valence-electron chi connectivity index (χ0n) is 15.3. The Kier molecular flexibility index (Phi) is 4.66. The number of phenolic OH excluding ortho intramolecular Hbond substituents is 1. The number of hydrogen-bond donors (Lipinski definition) is 1. The predicted molar refractivity (Wildman–Crippen MR) is 101 cm³/mol. The molecule has 4 rings (SSSR count). The first-order valence-electron chi connectivity index (χ1n) is 8.72. The molecule has 1 aromatic heterocycles. The third-order valence-corrected chi connectivity index (χ3v) is 6.26. The van der Waals surface area contributed by atoms with Gasteiger partial charge in [0.25, 0.3) is 0 Å². The van der Waals surface area contributed by atoms with Gasteiger partial charge in [0.05, 0.1) is 17.3 Å². The summed E-state index contributed by atoms with van der Waals surface area (Å²) >= 11 is 0. The number of phenols is 1. The number of aromatic nitrogens is 2. The maximum Gasteiger partial charge on any atom is 0.241 e. The molecule has 1 fully saturated rings. The van der Waals surface area contributed by atoms with Crippen molar-refractivity contribution in [2.75, 3.05) is 37.3 Å². The van der Waals surface area contributed by atoms with E-state index in [4.69, 9.17) is 0 Å². The Balaban J connectivity index is 1.63. The fourth-order valence-electron chi connectivity index (χ4n) is 3.42.